The van der Waals surface area contributed by atoms with Crippen molar-refractivity contribution in [1.82, 2.24) is 0 Å². The number of carbonyl (C=O) groups excluding carboxylic acids is 4. The molecule has 19 heteroatoms. The molecule has 0 aliphatic rings. The predicted molar refractivity (Wildman–Crippen MR) is 441 cm³/mol. The maximum Gasteiger partial charge on any atom is 0.472 e. The molecule has 17 nitrogen and oxygen atoms in total. The fraction of sp³-hybridized carbons (Fsp3) is 0.955. The van der Waals surface area contributed by atoms with Gasteiger partial charge >= 0.3 is 39.5 Å². The number of ether oxygens (including phenoxy) is 4. The molecule has 0 aromatic rings. The Bertz CT molecular complexity index is 2080. The van der Waals surface area contributed by atoms with Crippen LogP contribution in [0.25, 0.3) is 0 Å². The first kappa shape index (κ1) is 105. The quantitative estimate of drug-likeness (QED) is 0.0222. The molecule has 0 aliphatic heterocycles. The largest absolute Gasteiger partial charge is 0.472 e. The molecule has 3 N–H and O–H groups in total. The van der Waals surface area contributed by atoms with Gasteiger partial charge in [-0.3, -0.25) is 37.3 Å². The van der Waals surface area contributed by atoms with Crippen molar-refractivity contribution < 1.29 is 80.2 Å². The highest BCUT2D eigenvalue weighted by Crippen LogP contribution is 2.45. The van der Waals surface area contributed by atoms with Gasteiger partial charge in [-0.15, -0.1) is 0 Å². The SMILES string of the molecule is CCC(C)CCCCCCCCCCCCCCCCCCCCC(=O)OC[C@H](COP(=O)(O)OCC(O)COP(=O)(O)OC[C@@H](COC(=O)CCCCCCCCCC(C)C)OC(=O)CCCCCCCCCCCCC(C)CC)OC(=O)CCCCCCCCCCCCCCCCCCCCC(C)C. The molecular weight excluding hydrogens is 1390 g/mol. The van der Waals surface area contributed by atoms with Crippen molar-refractivity contribution in [1.29, 1.82) is 0 Å². The van der Waals surface area contributed by atoms with Crippen molar-refractivity contribution >= 4 is 39.5 Å². The van der Waals surface area contributed by atoms with Crippen LogP contribution in [-0.4, -0.2) is 96.7 Å². The Balaban J connectivity index is 5.21. The molecule has 107 heavy (non-hydrogen) atoms. The van der Waals surface area contributed by atoms with E-state index in [1.807, 2.05) is 0 Å². The number of phosphoric ester groups is 2. The zero-order chi connectivity index (χ0) is 78.8. The van der Waals surface area contributed by atoms with Crippen molar-refractivity contribution in [3.63, 3.8) is 0 Å². The highest BCUT2D eigenvalue weighted by Gasteiger charge is 2.31. The summed E-state index contributed by atoms with van der Waals surface area (Å²) < 4.78 is 68.9. The molecule has 0 aromatic carbocycles. The minimum atomic E-state index is -4.97. The molecular formula is C88H172O17P2. The van der Waals surface area contributed by atoms with Gasteiger partial charge in [-0.05, 0) is 49.4 Å². The smallest absolute Gasteiger partial charge is 0.462 e. The van der Waals surface area contributed by atoms with E-state index in [1.165, 1.54) is 257 Å². The minimum absolute atomic E-state index is 0.105. The van der Waals surface area contributed by atoms with Crippen LogP contribution in [0.3, 0.4) is 0 Å². The number of phosphoric acid groups is 2. The molecule has 0 saturated heterocycles. The van der Waals surface area contributed by atoms with Gasteiger partial charge < -0.3 is 33.8 Å². The maximum atomic E-state index is 13.2. The van der Waals surface area contributed by atoms with E-state index < -0.39 is 97.5 Å². The number of hydrogen-bond donors (Lipinski definition) is 3. The summed E-state index contributed by atoms with van der Waals surface area (Å²) in [6.45, 7) is 14.4. The maximum absolute atomic E-state index is 13.2. The van der Waals surface area contributed by atoms with Crippen molar-refractivity contribution in [2.45, 2.75) is 478 Å². The van der Waals surface area contributed by atoms with Crippen LogP contribution in [0, 0.1) is 23.7 Å². The molecule has 0 amide bonds. The van der Waals surface area contributed by atoms with Crippen molar-refractivity contribution in [2.75, 3.05) is 39.6 Å². The highest BCUT2D eigenvalue weighted by molar-refractivity contribution is 7.47. The summed E-state index contributed by atoms with van der Waals surface area (Å²) in [6, 6.07) is 0. The summed E-state index contributed by atoms with van der Waals surface area (Å²) in [7, 11) is -9.93. The lowest BCUT2D eigenvalue weighted by atomic mass is 9.99. The van der Waals surface area contributed by atoms with Gasteiger partial charge in [-0.1, -0.05) is 409 Å². The number of esters is 4. The van der Waals surface area contributed by atoms with Crippen LogP contribution in [-0.2, 0) is 65.4 Å². The first-order valence-corrected chi connectivity index (χ1v) is 48.3. The number of carbonyl (C=O) groups is 4. The van der Waals surface area contributed by atoms with E-state index in [0.717, 1.165) is 114 Å². The van der Waals surface area contributed by atoms with Crippen LogP contribution in [0.5, 0.6) is 0 Å². The fourth-order valence-electron chi connectivity index (χ4n) is 13.6. The molecule has 5 unspecified atom stereocenters. The van der Waals surface area contributed by atoms with Crippen molar-refractivity contribution in [2.24, 2.45) is 23.7 Å². The molecule has 636 valence electrons. The number of unbranched alkanes of at least 4 members (excludes halogenated alkanes) is 49. The third kappa shape index (κ3) is 79.1. The first-order chi connectivity index (χ1) is 51.7. The number of hydrogen-bond acceptors (Lipinski definition) is 15. The summed E-state index contributed by atoms with van der Waals surface area (Å²) in [5.74, 6) is 1.09. The molecule has 7 atom stereocenters. The summed E-state index contributed by atoms with van der Waals surface area (Å²) in [5.41, 5.74) is 0. The average molecular weight is 1560 g/mol. The van der Waals surface area contributed by atoms with Crippen LogP contribution in [0.4, 0.5) is 0 Å². The second-order valence-corrected chi connectivity index (χ2v) is 36.0. The molecule has 0 saturated carbocycles. The molecule has 0 bridgehead atoms. The Labute approximate surface area is 658 Å². The van der Waals surface area contributed by atoms with Crippen molar-refractivity contribution in [3.05, 3.63) is 0 Å². The van der Waals surface area contributed by atoms with Gasteiger partial charge in [0.1, 0.15) is 19.3 Å². The fourth-order valence-corrected chi connectivity index (χ4v) is 15.2. The van der Waals surface area contributed by atoms with E-state index >= 15 is 0 Å². The number of aliphatic hydroxyl groups excluding tert-OH is 1. The Morgan fingerprint density at radius 3 is 0.664 bits per heavy atom. The average Bonchev–Trinajstić information content (AvgIpc) is 0.899. The van der Waals surface area contributed by atoms with Crippen LogP contribution < -0.4 is 0 Å². The van der Waals surface area contributed by atoms with E-state index in [2.05, 4.69) is 55.4 Å². The van der Waals surface area contributed by atoms with Crippen LogP contribution in [0.2, 0.25) is 0 Å². The van der Waals surface area contributed by atoms with Gasteiger partial charge in [0.05, 0.1) is 26.4 Å². The third-order valence-electron chi connectivity index (χ3n) is 21.3. The standard InChI is InChI=1S/C88H172O17P2/c1-9-80(7)66-58-50-42-34-28-24-20-16-12-14-17-21-25-29-36-44-52-60-68-85(90)98-74-83(104-87(92)70-62-54-45-37-30-26-22-18-13-11-15-19-23-27-33-40-48-56-64-78(3)4)76-102-106(94,95)100-72-82(89)73-101-107(96,97)103-77-84(75-99-86(91)69-61-53-47-39-41-49-57-65-79(5)6)105-88(93)71-63-55-46-38-32-31-35-43-51-59-67-81(8)10-2/h78-84,89H,9-77H2,1-8H3,(H,94,95)(H,96,97)/t80?,81?,82?,83-,84-/m1/s1. The molecule has 0 rings (SSSR count). The topological polar surface area (TPSA) is 237 Å². The summed E-state index contributed by atoms with van der Waals surface area (Å²) in [6.07, 6.45) is 66.8. The van der Waals surface area contributed by atoms with Gasteiger partial charge in [0, 0.05) is 25.7 Å². The summed E-state index contributed by atoms with van der Waals surface area (Å²) in [5, 5.41) is 10.7. The Hall–Kier alpha value is -1.94. The zero-order valence-electron chi connectivity index (χ0n) is 70.8. The van der Waals surface area contributed by atoms with E-state index in [4.69, 9.17) is 37.0 Å². The molecule has 0 spiro atoms. The highest BCUT2D eigenvalue weighted by atomic mass is 31.2. The molecule has 0 fully saturated rings. The third-order valence-corrected chi connectivity index (χ3v) is 23.2. The lowest BCUT2D eigenvalue weighted by molar-refractivity contribution is -0.161. The van der Waals surface area contributed by atoms with Crippen LogP contribution in [0.1, 0.15) is 460 Å². The van der Waals surface area contributed by atoms with Gasteiger partial charge in [0.2, 0.25) is 0 Å². The lowest BCUT2D eigenvalue weighted by Crippen LogP contribution is -2.30. The first-order valence-electron chi connectivity index (χ1n) is 45.3. The van der Waals surface area contributed by atoms with Crippen LogP contribution in [0.15, 0.2) is 0 Å². The zero-order valence-corrected chi connectivity index (χ0v) is 72.6. The predicted octanol–water partition coefficient (Wildman–Crippen LogP) is 26.7. The van der Waals surface area contributed by atoms with Gasteiger partial charge in [-0.2, -0.15) is 0 Å². The van der Waals surface area contributed by atoms with Gasteiger partial charge in [0.25, 0.3) is 0 Å². The van der Waals surface area contributed by atoms with E-state index in [9.17, 15) is 43.2 Å². The Morgan fingerprint density at radius 2 is 0.449 bits per heavy atom. The van der Waals surface area contributed by atoms with E-state index in [0.29, 0.717) is 31.6 Å². The molecule has 0 aliphatic carbocycles. The van der Waals surface area contributed by atoms with Gasteiger partial charge in [-0.25, -0.2) is 9.13 Å². The Morgan fingerprint density at radius 1 is 0.262 bits per heavy atom. The normalized spacial score (nSPS) is 14.4. The number of aliphatic hydroxyl groups is 1. The van der Waals surface area contributed by atoms with E-state index in [-0.39, 0.29) is 25.7 Å². The number of rotatable bonds is 85. The second-order valence-electron chi connectivity index (χ2n) is 33.1. The Kier molecular flexibility index (Phi) is 75.3. The van der Waals surface area contributed by atoms with Gasteiger partial charge in [0.15, 0.2) is 12.2 Å². The second kappa shape index (κ2) is 76.7. The van der Waals surface area contributed by atoms with Crippen LogP contribution >= 0.6 is 15.6 Å². The molecule has 0 aromatic heterocycles. The lowest BCUT2D eigenvalue weighted by Gasteiger charge is -2.21. The molecule has 0 radical (unpaired) electrons. The summed E-state index contributed by atoms with van der Waals surface area (Å²) in [4.78, 5) is 73.2. The summed E-state index contributed by atoms with van der Waals surface area (Å²) >= 11 is 0. The van der Waals surface area contributed by atoms with E-state index in [1.54, 1.807) is 0 Å². The minimum Gasteiger partial charge on any atom is -0.462 e. The van der Waals surface area contributed by atoms with Crippen molar-refractivity contribution in [3.8, 4) is 0 Å². The molecule has 0 heterocycles. The monoisotopic (exact) mass is 1560 g/mol.